The second kappa shape index (κ2) is 5.18. The summed E-state index contributed by atoms with van der Waals surface area (Å²) in [6, 6.07) is 5.61. The van der Waals surface area contributed by atoms with Gasteiger partial charge in [0.25, 0.3) is 0 Å². The quantitative estimate of drug-likeness (QED) is 0.786. The van der Waals surface area contributed by atoms with Gasteiger partial charge in [0.2, 0.25) is 0 Å². The molecule has 0 radical (unpaired) electrons. The molecule has 0 saturated carbocycles. The van der Waals surface area contributed by atoms with Crippen molar-refractivity contribution >= 4 is 11.5 Å². The van der Waals surface area contributed by atoms with Gasteiger partial charge in [-0.25, -0.2) is 9.78 Å². The van der Waals surface area contributed by atoms with Crippen molar-refractivity contribution in [1.82, 2.24) is 14.7 Å². The third-order valence-corrected chi connectivity index (χ3v) is 2.96. The molecule has 0 aromatic carbocycles. The number of hydrogen-bond acceptors (Lipinski definition) is 3. The average molecular weight is 247 g/mol. The molecule has 0 unspecified atom stereocenters. The first-order chi connectivity index (χ1) is 8.65. The van der Waals surface area contributed by atoms with Crippen molar-refractivity contribution in [1.29, 1.82) is 0 Å². The van der Waals surface area contributed by atoms with E-state index < -0.39 is 5.97 Å². The lowest BCUT2D eigenvalue weighted by Crippen LogP contribution is -2.09. The fourth-order valence-corrected chi connectivity index (χ4v) is 2.13. The van der Waals surface area contributed by atoms with Crippen molar-refractivity contribution < 1.29 is 9.90 Å². The van der Waals surface area contributed by atoms with Crippen LogP contribution in [-0.4, -0.2) is 34.1 Å². The predicted molar refractivity (Wildman–Crippen MR) is 69.1 cm³/mol. The van der Waals surface area contributed by atoms with Crippen molar-refractivity contribution in [2.24, 2.45) is 0 Å². The van der Waals surface area contributed by atoms with Crippen LogP contribution < -0.4 is 5.32 Å². The Balaban J connectivity index is 2.48. The lowest BCUT2D eigenvalue weighted by atomic mass is 10.2. The van der Waals surface area contributed by atoms with Crippen LogP contribution in [0.4, 0.5) is 0 Å². The standard InChI is InChI=1S/C13H17N3O2/c1-9-5-3-6-10-12(13(17)18)15-11(16(9)10)7-4-8-14-2/h3,5-6,14H,4,7-8H2,1-2H3,(H,17,18). The van der Waals surface area contributed by atoms with Gasteiger partial charge in [0, 0.05) is 12.1 Å². The maximum absolute atomic E-state index is 11.2. The molecule has 2 rings (SSSR count). The molecule has 0 amide bonds. The van der Waals surface area contributed by atoms with Gasteiger partial charge >= 0.3 is 5.97 Å². The topological polar surface area (TPSA) is 66.6 Å². The molecule has 0 aliphatic heterocycles. The maximum Gasteiger partial charge on any atom is 0.356 e. The SMILES string of the molecule is CNCCCc1nc(C(=O)O)c2cccc(C)n12. The monoisotopic (exact) mass is 247 g/mol. The highest BCUT2D eigenvalue weighted by atomic mass is 16.4. The smallest absolute Gasteiger partial charge is 0.356 e. The number of nitrogens with zero attached hydrogens (tertiary/aromatic N) is 2. The van der Waals surface area contributed by atoms with Gasteiger partial charge < -0.3 is 14.8 Å². The third-order valence-electron chi connectivity index (χ3n) is 2.96. The molecule has 0 saturated heterocycles. The molecule has 5 nitrogen and oxygen atoms in total. The van der Waals surface area contributed by atoms with Crippen LogP contribution in [0.3, 0.4) is 0 Å². The number of carboxylic acids is 1. The van der Waals surface area contributed by atoms with Crippen molar-refractivity contribution in [3.8, 4) is 0 Å². The Hall–Kier alpha value is -1.88. The van der Waals surface area contributed by atoms with E-state index in [2.05, 4.69) is 10.3 Å². The minimum atomic E-state index is -0.974. The van der Waals surface area contributed by atoms with E-state index in [4.69, 9.17) is 0 Å². The number of carbonyl (C=O) groups is 1. The summed E-state index contributed by atoms with van der Waals surface area (Å²) in [5, 5.41) is 12.2. The number of pyridine rings is 1. The number of rotatable bonds is 5. The van der Waals surface area contributed by atoms with Crippen molar-refractivity contribution in [3.05, 3.63) is 35.4 Å². The van der Waals surface area contributed by atoms with Crippen molar-refractivity contribution in [2.75, 3.05) is 13.6 Å². The Morgan fingerprint density at radius 3 is 2.94 bits per heavy atom. The highest BCUT2D eigenvalue weighted by Gasteiger charge is 2.16. The van der Waals surface area contributed by atoms with Crippen LogP contribution in [0.5, 0.6) is 0 Å². The van der Waals surface area contributed by atoms with Gasteiger partial charge in [-0.3, -0.25) is 0 Å². The number of carboxylic acid groups (broad SMARTS) is 1. The van der Waals surface area contributed by atoms with Crippen LogP contribution >= 0.6 is 0 Å². The van der Waals surface area contributed by atoms with Gasteiger partial charge in [-0.15, -0.1) is 0 Å². The molecule has 5 heteroatoms. The van der Waals surface area contributed by atoms with Gasteiger partial charge in [-0.05, 0) is 39.1 Å². The summed E-state index contributed by atoms with van der Waals surface area (Å²) in [5.41, 5.74) is 1.81. The van der Waals surface area contributed by atoms with Crippen LogP contribution in [0, 0.1) is 6.92 Å². The Kier molecular flexibility index (Phi) is 3.62. The largest absolute Gasteiger partial charge is 0.476 e. The van der Waals surface area contributed by atoms with Crippen LogP contribution in [0.25, 0.3) is 5.52 Å². The zero-order valence-corrected chi connectivity index (χ0v) is 10.6. The molecular weight excluding hydrogens is 230 g/mol. The molecule has 2 heterocycles. The molecule has 2 aromatic rings. The minimum absolute atomic E-state index is 0.137. The first kappa shape index (κ1) is 12.6. The van der Waals surface area contributed by atoms with E-state index in [1.165, 1.54) is 0 Å². The molecule has 0 bridgehead atoms. The van der Waals surface area contributed by atoms with Crippen LogP contribution in [0.1, 0.15) is 28.4 Å². The molecule has 0 atom stereocenters. The summed E-state index contributed by atoms with van der Waals surface area (Å²) < 4.78 is 1.93. The Labute approximate surface area is 105 Å². The van der Waals surface area contributed by atoms with E-state index in [-0.39, 0.29) is 5.69 Å². The highest BCUT2D eigenvalue weighted by Crippen LogP contribution is 2.17. The molecule has 0 aliphatic carbocycles. The summed E-state index contributed by atoms with van der Waals surface area (Å²) in [6.45, 7) is 2.85. The summed E-state index contributed by atoms with van der Waals surface area (Å²) in [4.78, 5) is 15.4. The number of aromatic nitrogens is 2. The van der Waals surface area contributed by atoms with Gasteiger partial charge in [0.05, 0.1) is 5.52 Å². The lowest BCUT2D eigenvalue weighted by molar-refractivity contribution is 0.0693. The molecular formula is C13H17N3O2. The molecule has 18 heavy (non-hydrogen) atoms. The Bertz CT molecular complexity index is 575. The van der Waals surface area contributed by atoms with Crippen molar-refractivity contribution in [2.45, 2.75) is 19.8 Å². The molecule has 2 aromatic heterocycles. The zero-order chi connectivity index (χ0) is 13.1. The number of hydrogen-bond donors (Lipinski definition) is 2. The van der Waals surface area contributed by atoms with E-state index in [9.17, 15) is 9.90 Å². The first-order valence-corrected chi connectivity index (χ1v) is 6.00. The zero-order valence-electron chi connectivity index (χ0n) is 10.6. The van der Waals surface area contributed by atoms with Crippen LogP contribution in [-0.2, 0) is 6.42 Å². The average Bonchev–Trinajstić information content (AvgIpc) is 2.70. The van der Waals surface area contributed by atoms with Gasteiger partial charge in [-0.2, -0.15) is 0 Å². The summed E-state index contributed by atoms with van der Waals surface area (Å²) in [7, 11) is 1.90. The van der Waals surface area contributed by atoms with E-state index in [0.717, 1.165) is 30.9 Å². The number of imidazole rings is 1. The van der Waals surface area contributed by atoms with Crippen LogP contribution in [0.2, 0.25) is 0 Å². The third kappa shape index (κ3) is 2.22. The van der Waals surface area contributed by atoms with E-state index in [1.54, 1.807) is 6.07 Å². The first-order valence-electron chi connectivity index (χ1n) is 6.00. The molecule has 0 spiro atoms. The molecule has 0 fully saturated rings. The number of nitrogens with one attached hydrogen (secondary N) is 1. The van der Waals surface area contributed by atoms with Gasteiger partial charge in [0.15, 0.2) is 5.69 Å². The second-order valence-corrected chi connectivity index (χ2v) is 4.28. The second-order valence-electron chi connectivity index (χ2n) is 4.28. The van der Waals surface area contributed by atoms with E-state index in [0.29, 0.717) is 5.52 Å². The van der Waals surface area contributed by atoms with Gasteiger partial charge in [-0.1, -0.05) is 6.07 Å². The number of aryl methyl sites for hydroxylation is 2. The Morgan fingerprint density at radius 1 is 1.50 bits per heavy atom. The van der Waals surface area contributed by atoms with Crippen LogP contribution in [0.15, 0.2) is 18.2 Å². The van der Waals surface area contributed by atoms with E-state index >= 15 is 0 Å². The number of fused-ring (bicyclic) bond motifs is 1. The normalized spacial score (nSPS) is 11.0. The fourth-order valence-electron chi connectivity index (χ4n) is 2.13. The van der Waals surface area contributed by atoms with E-state index in [1.807, 2.05) is 30.5 Å². The Morgan fingerprint density at radius 2 is 2.28 bits per heavy atom. The fraction of sp³-hybridized carbons (Fsp3) is 0.385. The van der Waals surface area contributed by atoms with Crippen molar-refractivity contribution in [3.63, 3.8) is 0 Å². The maximum atomic E-state index is 11.2. The summed E-state index contributed by atoms with van der Waals surface area (Å²) in [6.07, 6.45) is 1.70. The summed E-state index contributed by atoms with van der Waals surface area (Å²) in [5.74, 6) is -0.159. The summed E-state index contributed by atoms with van der Waals surface area (Å²) >= 11 is 0. The molecule has 96 valence electrons. The number of aromatic carboxylic acids is 1. The molecule has 0 aliphatic rings. The van der Waals surface area contributed by atoms with Gasteiger partial charge in [0.1, 0.15) is 5.82 Å². The molecule has 2 N–H and O–H groups in total. The lowest BCUT2D eigenvalue weighted by Gasteiger charge is -2.04. The predicted octanol–water partition coefficient (Wildman–Crippen LogP) is 1.49. The highest BCUT2D eigenvalue weighted by molar-refractivity contribution is 5.93. The minimum Gasteiger partial charge on any atom is -0.476 e.